The van der Waals surface area contributed by atoms with Crippen LogP contribution in [0.3, 0.4) is 0 Å². The summed E-state index contributed by atoms with van der Waals surface area (Å²) in [5.41, 5.74) is 0.766. The number of fused-ring (bicyclic) bond motifs is 2. The summed E-state index contributed by atoms with van der Waals surface area (Å²) in [5.74, 6) is -0.190. The zero-order chi connectivity index (χ0) is 16.0. The maximum atomic E-state index is 12.5. The van der Waals surface area contributed by atoms with Gasteiger partial charge in [-0.25, -0.2) is 9.50 Å². The lowest BCUT2D eigenvalue weighted by Crippen LogP contribution is -2.41. The van der Waals surface area contributed by atoms with Crippen LogP contribution < -0.4 is 5.56 Å². The van der Waals surface area contributed by atoms with Gasteiger partial charge in [-0.15, -0.1) is 0 Å². The number of carbonyl (C=O) groups excluding carboxylic acids is 1. The van der Waals surface area contributed by atoms with E-state index in [4.69, 9.17) is 16.3 Å². The highest BCUT2D eigenvalue weighted by Gasteiger charge is 2.32. The molecule has 1 amide bonds. The van der Waals surface area contributed by atoms with Crippen molar-refractivity contribution >= 4 is 23.2 Å². The van der Waals surface area contributed by atoms with E-state index < -0.39 is 0 Å². The number of aromatic nitrogens is 3. The maximum absolute atomic E-state index is 12.5. The van der Waals surface area contributed by atoms with Gasteiger partial charge in [-0.2, -0.15) is 0 Å². The summed E-state index contributed by atoms with van der Waals surface area (Å²) in [5, 5.41) is 3.04. The molecule has 0 aromatic carbocycles. The molecule has 1 fully saturated rings. The Morgan fingerprint density at radius 1 is 1.26 bits per heavy atom. The lowest BCUT2D eigenvalue weighted by atomic mass is 10.3. The van der Waals surface area contributed by atoms with Crippen LogP contribution in [0, 0.1) is 0 Å². The van der Waals surface area contributed by atoms with E-state index in [0.717, 1.165) is 32.8 Å². The van der Waals surface area contributed by atoms with Gasteiger partial charge < -0.3 is 9.64 Å². The summed E-state index contributed by atoms with van der Waals surface area (Å²) in [6.07, 6.45) is 0. The number of ether oxygens (including phenoxy) is 1. The SMILES string of the molecule is O=C1c2nc3cc(Cl)[nH]n3c(=O)c2CN1CCN1CCOCC1. The molecule has 4 heterocycles. The third-order valence-corrected chi connectivity index (χ3v) is 4.50. The van der Waals surface area contributed by atoms with Crippen molar-refractivity contribution in [1.82, 2.24) is 24.4 Å². The van der Waals surface area contributed by atoms with Gasteiger partial charge in [0.1, 0.15) is 10.8 Å². The molecule has 2 aromatic rings. The molecule has 0 unspecified atom stereocenters. The number of nitrogens with one attached hydrogen (secondary N) is 1. The largest absolute Gasteiger partial charge is 0.379 e. The smallest absolute Gasteiger partial charge is 0.278 e. The molecule has 8 nitrogen and oxygen atoms in total. The number of morpholine rings is 1. The van der Waals surface area contributed by atoms with E-state index in [1.54, 1.807) is 4.90 Å². The first-order valence-electron chi connectivity index (χ1n) is 7.53. The van der Waals surface area contributed by atoms with Gasteiger partial charge >= 0.3 is 0 Å². The number of aromatic amines is 1. The van der Waals surface area contributed by atoms with Crippen LogP contribution in [0.4, 0.5) is 0 Å². The zero-order valence-electron chi connectivity index (χ0n) is 12.4. The zero-order valence-corrected chi connectivity index (χ0v) is 13.2. The number of amides is 1. The summed E-state index contributed by atoms with van der Waals surface area (Å²) in [7, 11) is 0. The molecule has 2 aliphatic heterocycles. The van der Waals surface area contributed by atoms with Gasteiger partial charge in [0.25, 0.3) is 11.5 Å². The number of rotatable bonds is 3. The van der Waals surface area contributed by atoms with Crippen LogP contribution in [0.15, 0.2) is 10.9 Å². The van der Waals surface area contributed by atoms with Crippen molar-refractivity contribution < 1.29 is 9.53 Å². The van der Waals surface area contributed by atoms with E-state index in [2.05, 4.69) is 15.0 Å². The minimum absolute atomic E-state index is 0.190. The van der Waals surface area contributed by atoms with Gasteiger partial charge in [0.05, 0.1) is 25.3 Å². The van der Waals surface area contributed by atoms with Crippen LogP contribution in [-0.4, -0.2) is 69.7 Å². The molecule has 0 radical (unpaired) electrons. The standard InChI is InChI=1S/C14H16ClN5O3/c15-10-7-11-16-12-9(13(21)20(11)17-10)8-19(14(12)22)2-1-18-3-5-23-6-4-18/h7,17H,1-6,8H2. The fourth-order valence-electron chi connectivity index (χ4n) is 3.03. The number of hydrogen-bond acceptors (Lipinski definition) is 5. The molecule has 2 aromatic heterocycles. The summed E-state index contributed by atoms with van der Waals surface area (Å²) < 4.78 is 6.59. The van der Waals surface area contributed by atoms with Crippen molar-refractivity contribution in [3.8, 4) is 0 Å². The fourth-order valence-corrected chi connectivity index (χ4v) is 3.21. The van der Waals surface area contributed by atoms with Crippen LogP contribution in [0.1, 0.15) is 16.1 Å². The summed E-state index contributed by atoms with van der Waals surface area (Å²) in [6.45, 7) is 4.84. The van der Waals surface area contributed by atoms with Gasteiger partial charge in [0.15, 0.2) is 5.65 Å². The third kappa shape index (κ3) is 2.52. The lowest BCUT2D eigenvalue weighted by Gasteiger charge is -2.28. The monoisotopic (exact) mass is 337 g/mol. The Bertz CT molecular complexity index is 824. The first-order chi connectivity index (χ1) is 11.1. The van der Waals surface area contributed by atoms with Crippen molar-refractivity contribution in [1.29, 1.82) is 0 Å². The van der Waals surface area contributed by atoms with Crippen LogP contribution in [0.25, 0.3) is 5.65 Å². The van der Waals surface area contributed by atoms with Crippen molar-refractivity contribution in [3.63, 3.8) is 0 Å². The van der Waals surface area contributed by atoms with Crippen LogP contribution in [0.2, 0.25) is 5.15 Å². The molecular formula is C14H16ClN5O3. The van der Waals surface area contributed by atoms with E-state index >= 15 is 0 Å². The van der Waals surface area contributed by atoms with Crippen molar-refractivity contribution in [2.24, 2.45) is 0 Å². The van der Waals surface area contributed by atoms with Crippen LogP contribution in [0.5, 0.6) is 0 Å². The predicted molar refractivity (Wildman–Crippen MR) is 82.8 cm³/mol. The second kappa shape index (κ2) is 5.63. The molecule has 0 aliphatic carbocycles. The minimum Gasteiger partial charge on any atom is -0.379 e. The molecule has 23 heavy (non-hydrogen) atoms. The Morgan fingerprint density at radius 3 is 2.83 bits per heavy atom. The maximum Gasteiger partial charge on any atom is 0.278 e. The number of H-pyrrole nitrogens is 1. The Hall–Kier alpha value is -1.90. The number of carbonyl (C=O) groups is 1. The van der Waals surface area contributed by atoms with Crippen molar-refractivity contribution in [2.75, 3.05) is 39.4 Å². The average molecular weight is 338 g/mol. The molecule has 122 valence electrons. The van der Waals surface area contributed by atoms with Crippen molar-refractivity contribution in [2.45, 2.75) is 6.54 Å². The number of hydrogen-bond donors (Lipinski definition) is 1. The molecule has 0 bridgehead atoms. The van der Waals surface area contributed by atoms with Gasteiger partial charge in [-0.1, -0.05) is 11.6 Å². The topological polar surface area (TPSA) is 82.9 Å². The molecular weight excluding hydrogens is 322 g/mol. The van der Waals surface area contributed by atoms with E-state index in [0.29, 0.717) is 29.5 Å². The Balaban J connectivity index is 1.55. The molecule has 2 aliphatic rings. The molecule has 0 spiro atoms. The second-order valence-electron chi connectivity index (χ2n) is 5.72. The summed E-state index contributed by atoms with van der Waals surface area (Å²) >= 11 is 5.86. The van der Waals surface area contributed by atoms with Crippen LogP contribution >= 0.6 is 11.6 Å². The fraction of sp³-hybridized carbons (Fsp3) is 0.500. The van der Waals surface area contributed by atoms with Gasteiger partial charge in [0, 0.05) is 32.2 Å². The van der Waals surface area contributed by atoms with E-state index in [1.807, 2.05) is 0 Å². The van der Waals surface area contributed by atoms with Gasteiger partial charge in [0.2, 0.25) is 0 Å². The molecule has 0 atom stereocenters. The Kier molecular flexibility index (Phi) is 3.59. The highest BCUT2D eigenvalue weighted by Crippen LogP contribution is 2.19. The van der Waals surface area contributed by atoms with E-state index in [9.17, 15) is 9.59 Å². The summed E-state index contributed by atoms with van der Waals surface area (Å²) in [6, 6.07) is 1.53. The molecule has 4 rings (SSSR count). The quantitative estimate of drug-likeness (QED) is 0.850. The Morgan fingerprint density at radius 2 is 2.04 bits per heavy atom. The number of nitrogens with zero attached hydrogens (tertiary/aromatic N) is 4. The minimum atomic E-state index is -0.265. The molecule has 9 heteroatoms. The predicted octanol–water partition coefficient (Wildman–Crippen LogP) is -0.0360. The lowest BCUT2D eigenvalue weighted by molar-refractivity contribution is 0.0327. The van der Waals surface area contributed by atoms with Crippen molar-refractivity contribution in [3.05, 3.63) is 32.8 Å². The molecule has 1 N–H and O–H groups in total. The van der Waals surface area contributed by atoms with Crippen LogP contribution in [-0.2, 0) is 11.3 Å². The highest BCUT2D eigenvalue weighted by atomic mass is 35.5. The first kappa shape index (κ1) is 14.7. The van der Waals surface area contributed by atoms with E-state index in [-0.39, 0.29) is 17.2 Å². The van der Waals surface area contributed by atoms with Gasteiger partial charge in [-0.05, 0) is 0 Å². The highest BCUT2D eigenvalue weighted by molar-refractivity contribution is 6.29. The average Bonchev–Trinajstić information content (AvgIpc) is 3.08. The summed E-state index contributed by atoms with van der Waals surface area (Å²) in [4.78, 5) is 33.2. The second-order valence-corrected chi connectivity index (χ2v) is 6.13. The Labute approximate surface area is 136 Å². The van der Waals surface area contributed by atoms with E-state index in [1.165, 1.54) is 10.6 Å². The molecule has 0 saturated carbocycles. The number of halogens is 1. The normalized spacial score (nSPS) is 18.8. The molecule has 1 saturated heterocycles. The third-order valence-electron chi connectivity index (χ3n) is 4.31. The van der Waals surface area contributed by atoms with Gasteiger partial charge in [-0.3, -0.25) is 19.6 Å². The first-order valence-corrected chi connectivity index (χ1v) is 7.91.